The van der Waals surface area contributed by atoms with Crippen molar-refractivity contribution in [3.05, 3.63) is 41.9 Å². The Bertz CT molecular complexity index is 968. The molecule has 0 bridgehead atoms. The van der Waals surface area contributed by atoms with Gasteiger partial charge in [0, 0.05) is 0 Å². The Morgan fingerprint density at radius 3 is 2.93 bits per heavy atom. The predicted octanol–water partition coefficient (Wildman–Crippen LogP) is 3.34. The Hall–Kier alpha value is -2.94. The summed E-state index contributed by atoms with van der Waals surface area (Å²) < 4.78 is 21.5. The van der Waals surface area contributed by atoms with Gasteiger partial charge in [0.25, 0.3) is 11.1 Å². The summed E-state index contributed by atoms with van der Waals surface area (Å²) in [5.41, 5.74) is 1.68. The van der Waals surface area contributed by atoms with Gasteiger partial charge in [-0.2, -0.15) is 0 Å². The zero-order chi connectivity index (χ0) is 18.8. The Morgan fingerprint density at radius 1 is 1.26 bits per heavy atom. The fourth-order valence-corrected chi connectivity index (χ4v) is 3.23. The van der Waals surface area contributed by atoms with E-state index >= 15 is 0 Å². The first-order valence-corrected chi connectivity index (χ1v) is 9.28. The van der Waals surface area contributed by atoms with Gasteiger partial charge in [0.1, 0.15) is 5.76 Å². The first kappa shape index (κ1) is 17.5. The number of benzene rings is 1. The Kier molecular flexibility index (Phi) is 4.76. The molecule has 1 aliphatic rings. The van der Waals surface area contributed by atoms with Gasteiger partial charge >= 0.3 is 0 Å². The van der Waals surface area contributed by atoms with Gasteiger partial charge in [0.2, 0.25) is 12.7 Å². The van der Waals surface area contributed by atoms with E-state index in [0.29, 0.717) is 28.4 Å². The van der Waals surface area contributed by atoms with E-state index in [1.165, 1.54) is 11.8 Å². The molecule has 0 unspecified atom stereocenters. The highest BCUT2D eigenvalue weighted by molar-refractivity contribution is 7.99. The maximum Gasteiger partial charge on any atom is 0.277 e. The molecule has 1 N–H and O–H groups in total. The number of rotatable bonds is 6. The van der Waals surface area contributed by atoms with E-state index in [4.69, 9.17) is 18.3 Å². The van der Waals surface area contributed by atoms with Crippen LogP contribution in [-0.4, -0.2) is 28.7 Å². The molecule has 1 amide bonds. The van der Waals surface area contributed by atoms with Crippen LogP contribution in [0.1, 0.15) is 24.3 Å². The second kappa shape index (κ2) is 7.36. The monoisotopic (exact) mass is 387 g/mol. The molecular formula is C18H17N3O5S. The quantitative estimate of drug-likeness (QED) is 0.643. The van der Waals surface area contributed by atoms with Crippen molar-refractivity contribution >= 4 is 17.7 Å². The van der Waals surface area contributed by atoms with E-state index < -0.39 is 0 Å². The van der Waals surface area contributed by atoms with Crippen LogP contribution in [0.15, 0.2) is 44.6 Å². The van der Waals surface area contributed by atoms with Gasteiger partial charge in [0.15, 0.2) is 11.5 Å². The molecule has 0 saturated carbocycles. The lowest BCUT2D eigenvalue weighted by atomic mass is 10.1. The summed E-state index contributed by atoms with van der Waals surface area (Å²) in [5, 5.41) is 11.2. The molecule has 1 atom stereocenters. The number of nitrogens with one attached hydrogen (secondary N) is 1. The number of amides is 1. The van der Waals surface area contributed by atoms with Gasteiger partial charge in [-0.15, -0.1) is 10.2 Å². The number of thioether (sulfide) groups is 1. The number of fused-ring (bicyclic) bond motifs is 1. The highest BCUT2D eigenvalue weighted by atomic mass is 32.2. The number of furan rings is 1. The lowest BCUT2D eigenvalue weighted by Gasteiger charge is -2.14. The number of carbonyl (C=O) groups is 1. The molecule has 3 heterocycles. The zero-order valence-electron chi connectivity index (χ0n) is 14.7. The van der Waals surface area contributed by atoms with E-state index in [0.717, 1.165) is 11.1 Å². The van der Waals surface area contributed by atoms with Crippen LogP contribution in [0.5, 0.6) is 11.5 Å². The smallest absolute Gasteiger partial charge is 0.277 e. The molecule has 4 rings (SSSR count). The van der Waals surface area contributed by atoms with Crippen molar-refractivity contribution in [1.82, 2.24) is 15.5 Å². The lowest BCUT2D eigenvalue weighted by molar-refractivity contribution is -0.119. The summed E-state index contributed by atoms with van der Waals surface area (Å²) in [7, 11) is 0. The van der Waals surface area contributed by atoms with Crippen molar-refractivity contribution in [1.29, 1.82) is 0 Å². The summed E-state index contributed by atoms with van der Waals surface area (Å²) in [6.07, 6.45) is 1.56. The summed E-state index contributed by atoms with van der Waals surface area (Å²) >= 11 is 1.18. The molecule has 0 aliphatic carbocycles. The van der Waals surface area contributed by atoms with Crippen molar-refractivity contribution in [2.24, 2.45) is 0 Å². The number of hydrogen-bond donors (Lipinski definition) is 1. The molecule has 140 valence electrons. The Morgan fingerprint density at radius 2 is 2.11 bits per heavy atom. The lowest BCUT2D eigenvalue weighted by Crippen LogP contribution is -2.28. The van der Waals surface area contributed by atoms with Crippen LogP contribution in [0.3, 0.4) is 0 Å². The second-order valence-electron chi connectivity index (χ2n) is 5.95. The highest BCUT2D eigenvalue weighted by Gasteiger charge is 2.18. The van der Waals surface area contributed by atoms with Crippen LogP contribution >= 0.6 is 11.8 Å². The average Bonchev–Trinajstić information content (AvgIpc) is 3.39. The molecule has 0 fully saturated rings. The third-order valence-electron chi connectivity index (χ3n) is 4.10. The number of aryl methyl sites for hydroxylation is 1. The molecular weight excluding hydrogens is 370 g/mol. The van der Waals surface area contributed by atoms with Crippen LogP contribution in [-0.2, 0) is 4.79 Å². The number of ether oxygens (including phenoxy) is 2. The first-order valence-electron chi connectivity index (χ1n) is 8.30. The number of aromatic nitrogens is 2. The molecule has 3 aromatic rings. The molecule has 9 heteroatoms. The van der Waals surface area contributed by atoms with Gasteiger partial charge < -0.3 is 23.6 Å². The van der Waals surface area contributed by atoms with Crippen LogP contribution < -0.4 is 14.8 Å². The second-order valence-corrected chi connectivity index (χ2v) is 6.88. The van der Waals surface area contributed by atoms with Crippen LogP contribution in [0.25, 0.3) is 11.5 Å². The maximum absolute atomic E-state index is 12.2. The average molecular weight is 387 g/mol. The third-order valence-corrected chi connectivity index (χ3v) is 4.92. The van der Waals surface area contributed by atoms with E-state index in [-0.39, 0.29) is 24.5 Å². The maximum atomic E-state index is 12.2. The van der Waals surface area contributed by atoms with Gasteiger partial charge in [0.05, 0.1) is 23.6 Å². The molecule has 1 aliphatic heterocycles. The molecule has 0 spiro atoms. The van der Waals surface area contributed by atoms with Crippen LogP contribution in [0.4, 0.5) is 0 Å². The minimum atomic E-state index is -0.167. The van der Waals surface area contributed by atoms with Crippen molar-refractivity contribution in [3.63, 3.8) is 0 Å². The molecule has 1 aromatic carbocycles. The van der Waals surface area contributed by atoms with Crippen LogP contribution in [0, 0.1) is 6.92 Å². The fourth-order valence-electron chi connectivity index (χ4n) is 2.66. The number of hydrogen-bond acceptors (Lipinski definition) is 8. The van der Waals surface area contributed by atoms with Crippen molar-refractivity contribution in [2.45, 2.75) is 25.1 Å². The highest BCUT2D eigenvalue weighted by Crippen LogP contribution is 2.34. The van der Waals surface area contributed by atoms with Crippen molar-refractivity contribution in [2.75, 3.05) is 12.5 Å². The van der Waals surface area contributed by atoms with E-state index in [2.05, 4.69) is 15.5 Å². The standard InChI is InChI=1S/C18H17N3O5S/c1-10(12-3-4-14-15(7-12)25-9-24-14)19-16(22)8-27-18-21-20-17(26-18)13-5-6-23-11(13)2/h3-7,10H,8-9H2,1-2H3,(H,19,22)/t10-/m1/s1. The topological polar surface area (TPSA) is 99.6 Å². The molecule has 2 aromatic heterocycles. The SMILES string of the molecule is Cc1occc1-c1nnc(SCC(=O)N[C@H](C)c2ccc3c(c2)OCO3)o1. The molecule has 27 heavy (non-hydrogen) atoms. The third kappa shape index (κ3) is 3.77. The zero-order valence-corrected chi connectivity index (χ0v) is 15.5. The largest absolute Gasteiger partial charge is 0.469 e. The first-order chi connectivity index (χ1) is 13.1. The Labute approximate surface area is 159 Å². The van der Waals surface area contributed by atoms with Gasteiger partial charge in [-0.3, -0.25) is 4.79 Å². The molecule has 8 nitrogen and oxygen atoms in total. The van der Waals surface area contributed by atoms with E-state index in [9.17, 15) is 4.79 Å². The number of carbonyl (C=O) groups excluding carboxylic acids is 1. The molecule has 0 radical (unpaired) electrons. The van der Waals surface area contributed by atoms with E-state index in [1.54, 1.807) is 12.3 Å². The Balaban J connectivity index is 1.32. The van der Waals surface area contributed by atoms with Crippen molar-refractivity contribution in [3.8, 4) is 23.0 Å². The minimum Gasteiger partial charge on any atom is -0.469 e. The summed E-state index contributed by atoms with van der Waals surface area (Å²) in [6, 6.07) is 7.21. The normalized spacial score (nSPS) is 13.6. The van der Waals surface area contributed by atoms with E-state index in [1.807, 2.05) is 32.0 Å². The number of nitrogens with zero attached hydrogens (tertiary/aromatic N) is 2. The predicted molar refractivity (Wildman–Crippen MR) is 96.6 cm³/mol. The minimum absolute atomic E-state index is 0.135. The fraction of sp³-hybridized carbons (Fsp3) is 0.278. The summed E-state index contributed by atoms with van der Waals surface area (Å²) in [5.74, 6) is 2.51. The van der Waals surface area contributed by atoms with Gasteiger partial charge in [-0.05, 0) is 37.6 Å². The molecule has 0 saturated heterocycles. The summed E-state index contributed by atoms with van der Waals surface area (Å²) in [6.45, 7) is 3.95. The summed E-state index contributed by atoms with van der Waals surface area (Å²) in [4.78, 5) is 12.2. The van der Waals surface area contributed by atoms with Crippen LogP contribution in [0.2, 0.25) is 0 Å². The van der Waals surface area contributed by atoms with Gasteiger partial charge in [-0.1, -0.05) is 17.8 Å². The van der Waals surface area contributed by atoms with Crippen molar-refractivity contribution < 1.29 is 23.1 Å². The van der Waals surface area contributed by atoms with Gasteiger partial charge in [-0.25, -0.2) is 0 Å².